The highest BCUT2D eigenvalue weighted by molar-refractivity contribution is 7.08. The average Bonchev–Trinajstić information content (AvgIpc) is 3.46. The number of thiophene rings is 1. The van der Waals surface area contributed by atoms with Gasteiger partial charge in [0.25, 0.3) is 5.91 Å². The summed E-state index contributed by atoms with van der Waals surface area (Å²) in [5.41, 5.74) is -1.89. The lowest BCUT2D eigenvalue weighted by atomic mass is 10.1. The summed E-state index contributed by atoms with van der Waals surface area (Å²) in [7, 11) is 0. The number of carbonyl (C=O) groups excluding carboxylic acids is 1. The molecule has 1 unspecified atom stereocenters. The van der Waals surface area contributed by atoms with Crippen molar-refractivity contribution in [2.75, 3.05) is 0 Å². The number of pyridine rings is 1. The van der Waals surface area contributed by atoms with Crippen LogP contribution in [-0.2, 0) is 11.0 Å². The van der Waals surface area contributed by atoms with Crippen molar-refractivity contribution >= 4 is 40.5 Å². The fourth-order valence-corrected chi connectivity index (χ4v) is 3.92. The van der Waals surface area contributed by atoms with E-state index in [4.69, 9.17) is 16.0 Å². The maximum Gasteiger partial charge on any atom is 0.420 e. The molecule has 31 heavy (non-hydrogen) atoms. The number of hydrogen-bond acceptors (Lipinski definition) is 5. The zero-order chi connectivity index (χ0) is 22.3. The van der Waals surface area contributed by atoms with Crippen molar-refractivity contribution in [3.05, 3.63) is 69.5 Å². The highest BCUT2D eigenvalue weighted by Gasteiger charge is 2.36. The molecule has 1 amide bonds. The van der Waals surface area contributed by atoms with Crippen molar-refractivity contribution in [1.29, 1.82) is 0 Å². The smallest absolute Gasteiger partial charge is 0.420 e. The van der Waals surface area contributed by atoms with Crippen molar-refractivity contribution in [2.45, 2.75) is 12.2 Å². The first-order valence-electron chi connectivity index (χ1n) is 8.55. The minimum absolute atomic E-state index is 0.0674. The Morgan fingerprint density at radius 2 is 2.10 bits per heavy atom. The number of aromatic nitrogens is 2. The van der Waals surface area contributed by atoms with Gasteiger partial charge in [0.15, 0.2) is 17.4 Å². The molecular formula is C19H11ClF3N3O4S. The van der Waals surface area contributed by atoms with E-state index in [1.807, 2.05) is 0 Å². The number of carbonyl (C=O) groups is 2. The minimum atomic E-state index is -4.80. The summed E-state index contributed by atoms with van der Waals surface area (Å²) in [6.07, 6.45) is -2.24. The molecule has 0 aliphatic rings. The van der Waals surface area contributed by atoms with Gasteiger partial charge in [-0.25, -0.2) is 9.78 Å². The van der Waals surface area contributed by atoms with Crippen LogP contribution in [0.25, 0.3) is 17.0 Å². The summed E-state index contributed by atoms with van der Waals surface area (Å²) < 4.78 is 47.1. The monoisotopic (exact) mass is 469 g/mol. The third-order valence-electron chi connectivity index (χ3n) is 4.39. The average molecular weight is 470 g/mol. The van der Waals surface area contributed by atoms with Gasteiger partial charge in [-0.05, 0) is 40.6 Å². The molecule has 0 radical (unpaired) electrons. The number of nitrogens with one attached hydrogen (secondary N) is 1. The highest BCUT2D eigenvalue weighted by atomic mass is 35.5. The highest BCUT2D eigenvalue weighted by Crippen LogP contribution is 2.37. The second-order valence-corrected chi connectivity index (χ2v) is 7.50. The molecule has 0 saturated carbocycles. The van der Waals surface area contributed by atoms with E-state index in [9.17, 15) is 27.9 Å². The van der Waals surface area contributed by atoms with Crippen molar-refractivity contribution < 1.29 is 32.3 Å². The maximum absolute atomic E-state index is 13.7. The molecule has 0 aliphatic heterocycles. The number of nitrogens with zero attached hydrogens (tertiary/aromatic N) is 2. The Morgan fingerprint density at radius 1 is 1.32 bits per heavy atom. The van der Waals surface area contributed by atoms with E-state index >= 15 is 0 Å². The summed E-state index contributed by atoms with van der Waals surface area (Å²) in [5, 5.41) is 14.4. The number of hydrogen-bond donors (Lipinski definition) is 2. The number of rotatable bonds is 5. The third kappa shape index (κ3) is 3.89. The summed E-state index contributed by atoms with van der Waals surface area (Å²) in [4.78, 5) is 28.0. The molecule has 160 valence electrons. The van der Waals surface area contributed by atoms with E-state index in [0.29, 0.717) is 5.56 Å². The molecule has 4 heterocycles. The van der Waals surface area contributed by atoms with Gasteiger partial charge in [-0.3, -0.25) is 9.20 Å². The second-order valence-electron chi connectivity index (χ2n) is 6.36. The van der Waals surface area contributed by atoms with Crippen LogP contribution >= 0.6 is 22.9 Å². The topological polar surface area (TPSA) is 96.8 Å². The van der Waals surface area contributed by atoms with Crippen LogP contribution in [0.15, 0.2) is 51.9 Å². The van der Waals surface area contributed by atoms with Gasteiger partial charge in [0.1, 0.15) is 10.9 Å². The number of carboxylic acid groups (broad SMARTS) is 1. The van der Waals surface area contributed by atoms with Crippen LogP contribution in [0.5, 0.6) is 0 Å². The first-order valence-corrected chi connectivity index (χ1v) is 9.87. The zero-order valence-corrected chi connectivity index (χ0v) is 16.8. The third-order valence-corrected chi connectivity index (χ3v) is 5.45. The van der Waals surface area contributed by atoms with E-state index < -0.39 is 46.2 Å². The van der Waals surface area contributed by atoms with Crippen LogP contribution in [0.3, 0.4) is 0 Å². The number of amides is 1. The van der Waals surface area contributed by atoms with Gasteiger partial charge in [-0.2, -0.15) is 24.5 Å². The van der Waals surface area contributed by atoms with Crippen LogP contribution in [0.4, 0.5) is 13.2 Å². The van der Waals surface area contributed by atoms with Crippen molar-refractivity contribution in [3.8, 4) is 11.3 Å². The molecule has 4 rings (SSSR count). The maximum atomic E-state index is 13.7. The number of imidazole rings is 1. The zero-order valence-electron chi connectivity index (χ0n) is 15.2. The van der Waals surface area contributed by atoms with E-state index in [2.05, 4.69) is 10.3 Å². The van der Waals surface area contributed by atoms with E-state index in [1.54, 1.807) is 5.38 Å². The number of halogens is 4. The number of carboxylic acids is 1. The Kier molecular flexibility index (Phi) is 5.23. The molecule has 0 bridgehead atoms. The molecule has 0 saturated heterocycles. The number of furan rings is 1. The van der Waals surface area contributed by atoms with Gasteiger partial charge in [0.05, 0.1) is 11.8 Å². The first kappa shape index (κ1) is 20.9. The predicted molar refractivity (Wildman–Crippen MR) is 105 cm³/mol. The van der Waals surface area contributed by atoms with Gasteiger partial charge >= 0.3 is 12.1 Å². The molecule has 0 aliphatic carbocycles. The SMILES string of the molecule is O=C(NC(C(=O)O)c1ccsc1)c1nc2c(C(F)(F)F)cc(-c3ccco3)cn2c1Cl. The van der Waals surface area contributed by atoms with Crippen LogP contribution in [0.2, 0.25) is 5.15 Å². The lowest BCUT2D eigenvalue weighted by Crippen LogP contribution is -2.33. The Morgan fingerprint density at radius 3 is 2.68 bits per heavy atom. The number of alkyl halides is 3. The predicted octanol–water partition coefficient (Wildman–Crippen LogP) is 4.88. The van der Waals surface area contributed by atoms with Crippen molar-refractivity contribution in [2.24, 2.45) is 0 Å². The largest absolute Gasteiger partial charge is 0.479 e. The van der Waals surface area contributed by atoms with Crippen molar-refractivity contribution in [3.63, 3.8) is 0 Å². The quantitative estimate of drug-likeness (QED) is 0.434. The lowest BCUT2D eigenvalue weighted by molar-refractivity contribution is -0.139. The van der Waals surface area contributed by atoms with Gasteiger partial charge in [0, 0.05) is 11.8 Å². The molecular weight excluding hydrogens is 459 g/mol. The van der Waals surface area contributed by atoms with Crippen LogP contribution in [0, 0.1) is 0 Å². The Balaban J connectivity index is 1.81. The number of fused-ring (bicyclic) bond motifs is 1. The molecule has 2 N–H and O–H groups in total. The molecule has 4 aromatic heterocycles. The fourth-order valence-electron chi connectivity index (χ4n) is 2.97. The molecule has 0 aromatic carbocycles. The minimum Gasteiger partial charge on any atom is -0.479 e. The molecule has 4 aromatic rings. The first-order chi connectivity index (χ1) is 14.7. The molecule has 0 spiro atoms. The van der Waals surface area contributed by atoms with Gasteiger partial charge in [-0.15, -0.1) is 0 Å². The Labute approximate surface area is 180 Å². The molecule has 1 atom stereocenters. The van der Waals surface area contributed by atoms with Crippen molar-refractivity contribution in [1.82, 2.24) is 14.7 Å². The summed E-state index contributed by atoms with van der Waals surface area (Å²) >= 11 is 7.42. The normalized spacial score (nSPS) is 12.8. The standard InChI is InChI=1S/C19H11ClF3N3O4S/c20-15-14(17(27)25-13(18(28)29)9-3-5-31-8-9)24-16-11(19(21,22)23)6-10(7-26(15)16)12-2-1-4-30-12/h1-8,13H,(H,25,27)(H,28,29). The summed E-state index contributed by atoms with van der Waals surface area (Å²) in [5.74, 6) is -2.21. The van der Waals surface area contributed by atoms with Crippen LogP contribution in [0.1, 0.15) is 27.7 Å². The van der Waals surface area contributed by atoms with Crippen LogP contribution in [-0.4, -0.2) is 26.4 Å². The lowest BCUT2D eigenvalue weighted by Gasteiger charge is -2.12. The second kappa shape index (κ2) is 7.75. The van der Waals surface area contributed by atoms with E-state index in [1.165, 1.54) is 47.4 Å². The van der Waals surface area contributed by atoms with Gasteiger partial charge < -0.3 is 14.8 Å². The van der Waals surface area contributed by atoms with Crippen LogP contribution < -0.4 is 5.32 Å². The van der Waals surface area contributed by atoms with E-state index in [-0.39, 0.29) is 11.3 Å². The molecule has 0 fully saturated rings. The van der Waals surface area contributed by atoms with E-state index in [0.717, 1.165) is 10.5 Å². The molecule has 12 heteroatoms. The van der Waals surface area contributed by atoms with Gasteiger partial charge in [-0.1, -0.05) is 11.6 Å². The van der Waals surface area contributed by atoms with Gasteiger partial charge in [0.2, 0.25) is 0 Å². The summed E-state index contributed by atoms with van der Waals surface area (Å²) in [6, 6.07) is 3.91. The Bertz CT molecular complexity index is 1270. The fraction of sp³-hybridized carbons (Fsp3) is 0.105. The summed E-state index contributed by atoms with van der Waals surface area (Å²) in [6.45, 7) is 0. The number of aliphatic carboxylic acids is 1. The molecule has 7 nitrogen and oxygen atoms in total. The Hall–Kier alpha value is -3.31.